The molecule has 0 spiro atoms. The van der Waals surface area contributed by atoms with Crippen LogP contribution in [0.1, 0.15) is 50.1 Å². The highest BCUT2D eigenvalue weighted by atomic mass is 19.1. The lowest BCUT2D eigenvalue weighted by Crippen LogP contribution is -2.33. The van der Waals surface area contributed by atoms with E-state index in [1.807, 2.05) is 24.7 Å². The van der Waals surface area contributed by atoms with Crippen LogP contribution in [-0.2, 0) is 9.53 Å². The van der Waals surface area contributed by atoms with Crippen LogP contribution >= 0.6 is 0 Å². The van der Waals surface area contributed by atoms with E-state index in [4.69, 9.17) is 4.74 Å². The van der Waals surface area contributed by atoms with Crippen molar-refractivity contribution in [3.05, 3.63) is 42.4 Å². The van der Waals surface area contributed by atoms with Crippen LogP contribution in [0, 0.1) is 5.92 Å². The van der Waals surface area contributed by atoms with Crippen molar-refractivity contribution in [1.82, 2.24) is 9.55 Å². The first-order valence-electron chi connectivity index (χ1n) is 8.99. The van der Waals surface area contributed by atoms with Crippen molar-refractivity contribution in [2.24, 2.45) is 5.92 Å². The molecule has 1 atom stereocenters. The van der Waals surface area contributed by atoms with E-state index >= 15 is 4.39 Å². The summed E-state index contributed by atoms with van der Waals surface area (Å²) in [5, 5.41) is 0. The Kier molecular flexibility index (Phi) is 4.10. The second-order valence-corrected chi connectivity index (χ2v) is 7.28. The van der Waals surface area contributed by atoms with Gasteiger partial charge in [-0.05, 0) is 44.1 Å². The molecule has 1 unspecified atom stereocenters. The number of fused-ring (bicyclic) bond motifs is 3. The fraction of sp³-hybridized carbons (Fsp3) is 0.500. The number of halogens is 1. The monoisotopic (exact) mass is 342 g/mol. The highest BCUT2D eigenvalue weighted by Crippen LogP contribution is 2.45. The van der Waals surface area contributed by atoms with E-state index in [2.05, 4.69) is 21.7 Å². The Morgan fingerprint density at radius 2 is 2.12 bits per heavy atom. The zero-order valence-electron chi connectivity index (χ0n) is 14.5. The Hall–Kier alpha value is -2.17. The number of carbonyl (C=O) groups is 1. The summed E-state index contributed by atoms with van der Waals surface area (Å²) in [5.74, 6) is -0.337. The average molecular weight is 342 g/mol. The molecular weight excluding hydrogens is 319 g/mol. The first-order chi connectivity index (χ1) is 12.1. The van der Waals surface area contributed by atoms with Gasteiger partial charge in [0.1, 0.15) is 5.67 Å². The molecule has 0 amide bonds. The standard InChI is InChI=1S/C20H23FN2O2/c1-25-19(24)14-6-9-20(21,10-7-14)11-8-17-15-4-2-3-5-16(15)18-12-22-13-23(17)18/h2-5,12-14,17H,6-11H2,1H3. The van der Waals surface area contributed by atoms with Crippen molar-refractivity contribution in [1.29, 1.82) is 0 Å². The third kappa shape index (κ3) is 2.86. The molecule has 5 heteroatoms. The number of alkyl halides is 1. The molecule has 1 aliphatic carbocycles. The number of imidazole rings is 1. The summed E-state index contributed by atoms with van der Waals surface area (Å²) in [5.41, 5.74) is 2.39. The highest BCUT2D eigenvalue weighted by Gasteiger charge is 2.39. The minimum Gasteiger partial charge on any atom is -0.469 e. The number of methoxy groups -OCH3 is 1. The summed E-state index contributed by atoms with van der Waals surface area (Å²) in [6.07, 6.45) is 7.04. The SMILES string of the molecule is COC(=O)C1CCC(F)(CCC2c3ccccc3-c3cncn32)CC1. The van der Waals surface area contributed by atoms with Crippen molar-refractivity contribution in [2.45, 2.75) is 50.2 Å². The first-order valence-corrected chi connectivity index (χ1v) is 8.99. The number of nitrogens with zero attached hydrogens (tertiary/aromatic N) is 2. The number of hydrogen-bond donors (Lipinski definition) is 0. The van der Waals surface area contributed by atoms with Crippen LogP contribution < -0.4 is 0 Å². The van der Waals surface area contributed by atoms with E-state index in [1.54, 1.807) is 0 Å². The second-order valence-electron chi connectivity index (χ2n) is 7.28. The summed E-state index contributed by atoms with van der Waals surface area (Å²) in [6.45, 7) is 0. The maximum Gasteiger partial charge on any atom is 0.308 e. The smallest absolute Gasteiger partial charge is 0.308 e. The second kappa shape index (κ2) is 6.28. The van der Waals surface area contributed by atoms with Gasteiger partial charge in [0.25, 0.3) is 0 Å². The molecule has 2 aliphatic rings. The van der Waals surface area contributed by atoms with Gasteiger partial charge in [-0.2, -0.15) is 0 Å². The van der Waals surface area contributed by atoms with Crippen LogP contribution in [0.15, 0.2) is 36.8 Å². The average Bonchev–Trinajstić information content (AvgIpc) is 3.21. The van der Waals surface area contributed by atoms with Crippen molar-refractivity contribution in [3.63, 3.8) is 0 Å². The van der Waals surface area contributed by atoms with Gasteiger partial charge in [-0.25, -0.2) is 9.37 Å². The van der Waals surface area contributed by atoms with Gasteiger partial charge in [0.05, 0.1) is 37.3 Å². The van der Waals surface area contributed by atoms with Crippen molar-refractivity contribution >= 4 is 5.97 Å². The minimum absolute atomic E-state index is 0.138. The fourth-order valence-corrected chi connectivity index (χ4v) is 4.41. The lowest BCUT2D eigenvalue weighted by molar-refractivity contribution is -0.147. The van der Waals surface area contributed by atoms with Crippen LogP contribution in [0.5, 0.6) is 0 Å². The van der Waals surface area contributed by atoms with Crippen molar-refractivity contribution in [2.75, 3.05) is 7.11 Å². The number of benzene rings is 1. The molecule has 0 saturated heterocycles. The molecule has 132 valence electrons. The molecule has 1 aromatic heterocycles. The zero-order chi connectivity index (χ0) is 17.4. The molecule has 2 aromatic rings. The van der Waals surface area contributed by atoms with Crippen LogP contribution in [0.25, 0.3) is 11.3 Å². The molecule has 4 rings (SSSR count). The van der Waals surface area contributed by atoms with Crippen LogP contribution in [0.3, 0.4) is 0 Å². The summed E-state index contributed by atoms with van der Waals surface area (Å²) in [7, 11) is 1.40. The van der Waals surface area contributed by atoms with Gasteiger partial charge >= 0.3 is 5.97 Å². The molecule has 0 N–H and O–H groups in total. The minimum atomic E-state index is -1.18. The maximum absolute atomic E-state index is 15.3. The fourth-order valence-electron chi connectivity index (χ4n) is 4.41. The van der Waals surface area contributed by atoms with E-state index in [9.17, 15) is 4.79 Å². The topological polar surface area (TPSA) is 44.1 Å². The third-order valence-corrected chi connectivity index (χ3v) is 5.88. The van der Waals surface area contributed by atoms with Gasteiger partial charge in [0.15, 0.2) is 0 Å². The molecule has 1 aliphatic heterocycles. The first kappa shape index (κ1) is 16.3. The van der Waals surface area contributed by atoms with Crippen LogP contribution in [0.2, 0.25) is 0 Å². The summed E-state index contributed by atoms with van der Waals surface area (Å²) >= 11 is 0. The van der Waals surface area contributed by atoms with Gasteiger partial charge < -0.3 is 9.30 Å². The quantitative estimate of drug-likeness (QED) is 0.778. The normalized spacial score (nSPS) is 27.6. The third-order valence-electron chi connectivity index (χ3n) is 5.88. The molecule has 25 heavy (non-hydrogen) atoms. The summed E-state index contributed by atoms with van der Waals surface area (Å²) < 4.78 is 22.2. The molecule has 1 aromatic carbocycles. The summed E-state index contributed by atoms with van der Waals surface area (Å²) in [6, 6.07) is 8.46. The molecule has 2 heterocycles. The largest absolute Gasteiger partial charge is 0.469 e. The van der Waals surface area contributed by atoms with Gasteiger partial charge in [-0.1, -0.05) is 24.3 Å². The Labute approximate surface area is 147 Å². The Morgan fingerprint density at radius 1 is 1.36 bits per heavy atom. The van der Waals surface area contributed by atoms with Crippen LogP contribution in [-0.4, -0.2) is 28.3 Å². The molecule has 4 nitrogen and oxygen atoms in total. The van der Waals surface area contributed by atoms with Crippen LogP contribution in [0.4, 0.5) is 4.39 Å². The predicted molar refractivity (Wildman–Crippen MR) is 92.8 cm³/mol. The summed E-state index contributed by atoms with van der Waals surface area (Å²) in [4.78, 5) is 15.9. The van der Waals surface area contributed by atoms with E-state index in [-0.39, 0.29) is 17.9 Å². The van der Waals surface area contributed by atoms with E-state index in [0.29, 0.717) is 32.1 Å². The van der Waals surface area contributed by atoms with E-state index < -0.39 is 5.67 Å². The number of aromatic nitrogens is 2. The Morgan fingerprint density at radius 3 is 2.88 bits per heavy atom. The van der Waals surface area contributed by atoms with Gasteiger partial charge in [0, 0.05) is 5.56 Å². The lowest BCUT2D eigenvalue weighted by Gasteiger charge is -2.33. The molecule has 1 fully saturated rings. The molecule has 0 radical (unpaired) electrons. The zero-order valence-corrected chi connectivity index (χ0v) is 14.5. The Bertz CT molecular complexity index is 778. The van der Waals surface area contributed by atoms with E-state index in [1.165, 1.54) is 18.2 Å². The van der Waals surface area contributed by atoms with Crippen molar-refractivity contribution in [3.8, 4) is 11.3 Å². The molecule has 0 bridgehead atoms. The lowest BCUT2D eigenvalue weighted by atomic mass is 9.77. The number of carbonyl (C=O) groups excluding carboxylic acids is 1. The number of hydrogen-bond acceptors (Lipinski definition) is 3. The number of esters is 1. The molecular formula is C20H23FN2O2. The van der Waals surface area contributed by atoms with Gasteiger partial charge in [-0.15, -0.1) is 0 Å². The maximum atomic E-state index is 15.3. The Balaban J connectivity index is 1.45. The van der Waals surface area contributed by atoms with Gasteiger partial charge in [0.2, 0.25) is 0 Å². The van der Waals surface area contributed by atoms with E-state index in [0.717, 1.165) is 12.1 Å². The van der Waals surface area contributed by atoms with Gasteiger partial charge in [-0.3, -0.25) is 4.79 Å². The van der Waals surface area contributed by atoms with Crippen molar-refractivity contribution < 1.29 is 13.9 Å². The predicted octanol–water partition coefficient (Wildman–Crippen LogP) is 4.30. The highest BCUT2D eigenvalue weighted by molar-refractivity contribution is 5.72. The number of ether oxygens (including phenoxy) is 1. The number of rotatable bonds is 4. The molecule has 1 saturated carbocycles.